The lowest BCUT2D eigenvalue weighted by atomic mass is 9.92. The third-order valence-electron chi connectivity index (χ3n) is 2.14. The van der Waals surface area contributed by atoms with Crippen molar-refractivity contribution in [3.63, 3.8) is 0 Å². The standard InChI is InChI=1S/C10H13Br2NO2/c1-10(2,3)4-5-13-8(14)6(11)7(12)9(13)15/h4-5H2,1-3H3. The molecule has 0 aromatic carbocycles. The van der Waals surface area contributed by atoms with Gasteiger partial charge in [0, 0.05) is 6.54 Å². The van der Waals surface area contributed by atoms with Crippen LogP contribution in [0.1, 0.15) is 27.2 Å². The van der Waals surface area contributed by atoms with Crippen LogP contribution in [-0.4, -0.2) is 23.3 Å². The third kappa shape index (κ3) is 2.91. The molecular weight excluding hydrogens is 326 g/mol. The van der Waals surface area contributed by atoms with E-state index in [1.165, 1.54) is 4.90 Å². The largest absolute Gasteiger partial charge is 0.273 e. The Kier molecular flexibility index (Phi) is 3.76. The average molecular weight is 339 g/mol. The van der Waals surface area contributed by atoms with Crippen molar-refractivity contribution in [2.45, 2.75) is 27.2 Å². The summed E-state index contributed by atoms with van der Waals surface area (Å²) in [6.07, 6.45) is 0.797. The maximum atomic E-state index is 11.6. The molecule has 3 nitrogen and oxygen atoms in total. The van der Waals surface area contributed by atoms with Crippen LogP contribution in [-0.2, 0) is 9.59 Å². The summed E-state index contributed by atoms with van der Waals surface area (Å²) in [7, 11) is 0. The molecule has 0 atom stereocenters. The van der Waals surface area contributed by atoms with Crippen LogP contribution in [0.25, 0.3) is 0 Å². The Morgan fingerprint density at radius 2 is 1.47 bits per heavy atom. The van der Waals surface area contributed by atoms with Crippen LogP contribution in [0.5, 0.6) is 0 Å². The van der Waals surface area contributed by atoms with E-state index in [-0.39, 0.29) is 17.2 Å². The van der Waals surface area contributed by atoms with Gasteiger partial charge in [-0.3, -0.25) is 14.5 Å². The molecule has 1 aliphatic rings. The van der Waals surface area contributed by atoms with Gasteiger partial charge in [-0.15, -0.1) is 0 Å². The molecule has 1 heterocycles. The second-order valence-corrected chi connectivity index (χ2v) is 6.29. The molecule has 0 unspecified atom stereocenters. The minimum absolute atomic E-state index is 0.113. The van der Waals surface area contributed by atoms with Crippen molar-refractivity contribution in [2.75, 3.05) is 6.54 Å². The Morgan fingerprint density at radius 1 is 1.07 bits per heavy atom. The second-order valence-electron chi connectivity index (χ2n) is 4.70. The fourth-order valence-corrected chi connectivity index (χ4v) is 1.93. The Labute approximate surface area is 106 Å². The van der Waals surface area contributed by atoms with Crippen molar-refractivity contribution < 1.29 is 9.59 Å². The summed E-state index contributed by atoms with van der Waals surface area (Å²) in [5, 5.41) is 0. The van der Waals surface area contributed by atoms with Gasteiger partial charge in [0.25, 0.3) is 11.8 Å². The second kappa shape index (κ2) is 4.37. The van der Waals surface area contributed by atoms with E-state index in [4.69, 9.17) is 0 Å². The molecule has 0 bridgehead atoms. The number of nitrogens with zero attached hydrogens (tertiary/aromatic N) is 1. The summed E-state index contributed by atoms with van der Waals surface area (Å²) in [4.78, 5) is 24.5. The molecule has 1 rings (SSSR count). The predicted molar refractivity (Wildman–Crippen MR) is 65.7 cm³/mol. The van der Waals surface area contributed by atoms with Gasteiger partial charge in [0.15, 0.2) is 0 Å². The third-order valence-corrected chi connectivity index (χ3v) is 4.15. The van der Waals surface area contributed by atoms with Crippen LogP contribution in [0, 0.1) is 5.41 Å². The number of amides is 2. The molecule has 15 heavy (non-hydrogen) atoms. The maximum absolute atomic E-state index is 11.6. The predicted octanol–water partition coefficient (Wildman–Crippen LogP) is 2.79. The van der Waals surface area contributed by atoms with Gasteiger partial charge in [0.05, 0.1) is 0 Å². The van der Waals surface area contributed by atoms with E-state index in [1.807, 2.05) is 0 Å². The number of rotatable bonds is 2. The topological polar surface area (TPSA) is 37.4 Å². The monoisotopic (exact) mass is 337 g/mol. The van der Waals surface area contributed by atoms with Gasteiger partial charge < -0.3 is 0 Å². The fraction of sp³-hybridized carbons (Fsp3) is 0.600. The van der Waals surface area contributed by atoms with Crippen LogP contribution < -0.4 is 0 Å². The summed E-state index contributed by atoms with van der Waals surface area (Å²) in [5.74, 6) is -0.507. The quantitative estimate of drug-likeness (QED) is 0.726. The zero-order valence-electron chi connectivity index (χ0n) is 8.93. The summed E-state index contributed by atoms with van der Waals surface area (Å²) in [6.45, 7) is 6.70. The average Bonchev–Trinajstić information content (AvgIpc) is 2.28. The number of imide groups is 1. The van der Waals surface area contributed by atoms with Gasteiger partial charge >= 0.3 is 0 Å². The lowest BCUT2D eigenvalue weighted by Crippen LogP contribution is -2.33. The SMILES string of the molecule is CC(C)(C)CCN1C(=O)C(Br)=C(Br)C1=O. The Bertz CT molecular complexity index is 318. The molecule has 84 valence electrons. The Hall–Kier alpha value is -0.160. The molecule has 0 saturated heterocycles. The van der Waals surface area contributed by atoms with E-state index in [2.05, 4.69) is 52.6 Å². The number of hydrogen-bond donors (Lipinski definition) is 0. The number of hydrogen-bond acceptors (Lipinski definition) is 2. The molecule has 1 aliphatic heterocycles. The normalized spacial score (nSPS) is 18.1. The number of carbonyl (C=O) groups excluding carboxylic acids is 2. The first kappa shape index (κ1) is 12.9. The minimum Gasteiger partial charge on any atom is -0.273 e. The maximum Gasteiger partial charge on any atom is 0.269 e. The first-order valence-corrected chi connectivity index (χ1v) is 6.24. The molecule has 0 radical (unpaired) electrons. The molecule has 5 heteroatoms. The Morgan fingerprint density at radius 3 is 1.80 bits per heavy atom. The van der Waals surface area contributed by atoms with Gasteiger partial charge in [0.2, 0.25) is 0 Å². The summed E-state index contributed by atoms with van der Waals surface area (Å²) in [6, 6.07) is 0. The van der Waals surface area contributed by atoms with Gasteiger partial charge in [-0.1, -0.05) is 20.8 Å². The van der Waals surface area contributed by atoms with E-state index in [0.717, 1.165) is 6.42 Å². The molecule has 0 N–H and O–H groups in total. The summed E-state index contributed by atoms with van der Waals surface area (Å²) in [5.41, 5.74) is 0.113. The zero-order valence-corrected chi connectivity index (χ0v) is 12.1. The molecule has 2 amide bonds. The van der Waals surface area contributed by atoms with Crippen molar-refractivity contribution in [2.24, 2.45) is 5.41 Å². The smallest absolute Gasteiger partial charge is 0.269 e. The first-order chi connectivity index (χ1) is 6.74. The van der Waals surface area contributed by atoms with E-state index in [1.54, 1.807) is 0 Å². The van der Waals surface area contributed by atoms with Crippen LogP contribution in [0.2, 0.25) is 0 Å². The van der Waals surface area contributed by atoms with E-state index in [9.17, 15) is 9.59 Å². The lowest BCUT2D eigenvalue weighted by Gasteiger charge is -2.22. The highest BCUT2D eigenvalue weighted by Gasteiger charge is 2.35. The first-order valence-electron chi connectivity index (χ1n) is 4.65. The van der Waals surface area contributed by atoms with Crippen molar-refractivity contribution in [1.29, 1.82) is 0 Å². The van der Waals surface area contributed by atoms with Crippen LogP contribution in [0.15, 0.2) is 8.96 Å². The fourth-order valence-electron chi connectivity index (χ4n) is 1.17. The molecule has 0 aromatic rings. The zero-order chi connectivity index (χ0) is 11.8. The molecule has 0 spiro atoms. The van der Waals surface area contributed by atoms with E-state index < -0.39 is 0 Å². The van der Waals surface area contributed by atoms with Crippen molar-refractivity contribution >= 4 is 43.7 Å². The molecular formula is C10H13Br2NO2. The highest BCUT2D eigenvalue weighted by Crippen LogP contribution is 2.30. The number of halogens is 2. The van der Waals surface area contributed by atoms with E-state index >= 15 is 0 Å². The van der Waals surface area contributed by atoms with Crippen molar-refractivity contribution in [3.8, 4) is 0 Å². The van der Waals surface area contributed by atoms with Gasteiger partial charge in [0.1, 0.15) is 8.96 Å². The molecule has 0 aliphatic carbocycles. The highest BCUT2D eigenvalue weighted by molar-refractivity contribution is 9.14. The summed E-state index contributed by atoms with van der Waals surface area (Å²) < 4.78 is 0.641. The summed E-state index contributed by atoms with van der Waals surface area (Å²) >= 11 is 6.18. The molecule has 0 fully saturated rings. The van der Waals surface area contributed by atoms with Crippen molar-refractivity contribution in [1.82, 2.24) is 4.90 Å². The van der Waals surface area contributed by atoms with Gasteiger partial charge in [-0.2, -0.15) is 0 Å². The van der Waals surface area contributed by atoms with Gasteiger partial charge in [-0.05, 0) is 43.7 Å². The van der Waals surface area contributed by atoms with Crippen molar-refractivity contribution in [3.05, 3.63) is 8.96 Å². The lowest BCUT2D eigenvalue weighted by molar-refractivity contribution is -0.137. The van der Waals surface area contributed by atoms with E-state index in [0.29, 0.717) is 15.5 Å². The Balaban J connectivity index is 2.69. The molecule has 0 aromatic heterocycles. The van der Waals surface area contributed by atoms with Crippen LogP contribution in [0.3, 0.4) is 0 Å². The molecule has 0 saturated carbocycles. The van der Waals surface area contributed by atoms with Crippen LogP contribution in [0.4, 0.5) is 0 Å². The minimum atomic E-state index is -0.254. The van der Waals surface area contributed by atoms with Crippen LogP contribution >= 0.6 is 31.9 Å². The number of carbonyl (C=O) groups is 2. The highest BCUT2D eigenvalue weighted by atomic mass is 79.9. The van der Waals surface area contributed by atoms with Gasteiger partial charge in [-0.25, -0.2) is 0 Å².